The number of carbonyl (C=O) groups excluding carboxylic acids is 2. The van der Waals surface area contributed by atoms with Crippen molar-refractivity contribution in [2.75, 3.05) is 24.3 Å². The van der Waals surface area contributed by atoms with Crippen molar-refractivity contribution >= 4 is 23.2 Å². The van der Waals surface area contributed by atoms with Gasteiger partial charge in [0.25, 0.3) is 0 Å². The van der Waals surface area contributed by atoms with Crippen LogP contribution in [0.5, 0.6) is 0 Å². The minimum atomic E-state index is 0.0736. The molecule has 144 valence electrons. The number of hydrogen-bond acceptors (Lipinski definition) is 3. The number of hydrogen-bond donors (Lipinski definition) is 1. The highest BCUT2D eigenvalue weighted by molar-refractivity contribution is 5.93. The van der Waals surface area contributed by atoms with Gasteiger partial charge in [-0.1, -0.05) is 19.8 Å². The molecule has 0 heterocycles. The van der Waals surface area contributed by atoms with Crippen molar-refractivity contribution in [1.29, 1.82) is 0 Å². The molecule has 0 saturated heterocycles. The second-order valence-electron chi connectivity index (χ2n) is 7.61. The Kier molecular flexibility index (Phi) is 7.06. The smallest absolute Gasteiger partial charge is 0.227 e. The number of anilines is 2. The summed E-state index contributed by atoms with van der Waals surface area (Å²) < 4.78 is 0. The third-order valence-electron chi connectivity index (χ3n) is 5.42. The van der Waals surface area contributed by atoms with Crippen LogP contribution < -0.4 is 10.2 Å². The molecule has 0 bridgehead atoms. The van der Waals surface area contributed by atoms with E-state index < -0.39 is 0 Å². The predicted molar refractivity (Wildman–Crippen MR) is 107 cm³/mol. The Morgan fingerprint density at radius 1 is 1.23 bits per heavy atom. The highest BCUT2D eigenvalue weighted by Gasteiger charge is 2.23. The van der Waals surface area contributed by atoms with E-state index in [1.807, 2.05) is 42.1 Å². The zero-order valence-electron chi connectivity index (χ0n) is 16.8. The number of nitrogens with one attached hydrogen (secondary N) is 1. The van der Waals surface area contributed by atoms with Gasteiger partial charge in [0.05, 0.1) is 0 Å². The van der Waals surface area contributed by atoms with E-state index in [0.717, 1.165) is 49.0 Å². The Balaban J connectivity index is 2.24. The molecule has 2 rings (SSSR count). The van der Waals surface area contributed by atoms with Crippen LogP contribution in [0.15, 0.2) is 18.2 Å². The lowest BCUT2D eigenvalue weighted by molar-refractivity contribution is -0.131. The lowest BCUT2D eigenvalue weighted by Gasteiger charge is -2.29. The fourth-order valence-corrected chi connectivity index (χ4v) is 3.64. The summed E-state index contributed by atoms with van der Waals surface area (Å²) in [5, 5.41) is 3.08. The Morgan fingerprint density at radius 2 is 1.88 bits per heavy atom. The van der Waals surface area contributed by atoms with Gasteiger partial charge in [0.1, 0.15) is 0 Å². The lowest BCUT2D eigenvalue weighted by atomic mass is 10.1. The van der Waals surface area contributed by atoms with Gasteiger partial charge in [0.15, 0.2) is 0 Å². The first-order chi connectivity index (χ1) is 12.3. The molecule has 2 amide bonds. The number of rotatable bonds is 7. The highest BCUT2D eigenvalue weighted by atomic mass is 16.2. The zero-order valence-corrected chi connectivity index (χ0v) is 16.8. The third kappa shape index (κ3) is 4.99. The SMILES string of the molecule is CC[C@@H](C)N(Cc1cc(NC(=O)C2CCCC2)ccc1N(C)C)C(C)=O. The molecule has 1 atom stereocenters. The van der Waals surface area contributed by atoms with E-state index >= 15 is 0 Å². The van der Waals surface area contributed by atoms with Gasteiger partial charge < -0.3 is 15.1 Å². The number of benzene rings is 1. The summed E-state index contributed by atoms with van der Waals surface area (Å²) in [6.07, 6.45) is 5.17. The molecule has 5 heteroatoms. The molecule has 1 aromatic rings. The largest absolute Gasteiger partial charge is 0.377 e. The van der Waals surface area contributed by atoms with Gasteiger partial charge in [-0.15, -0.1) is 0 Å². The van der Waals surface area contributed by atoms with Crippen molar-refractivity contribution in [3.63, 3.8) is 0 Å². The van der Waals surface area contributed by atoms with Crippen molar-refractivity contribution in [3.05, 3.63) is 23.8 Å². The molecule has 0 unspecified atom stereocenters. The van der Waals surface area contributed by atoms with Gasteiger partial charge in [0, 0.05) is 50.9 Å². The van der Waals surface area contributed by atoms with Crippen LogP contribution in [0.3, 0.4) is 0 Å². The van der Waals surface area contributed by atoms with E-state index in [2.05, 4.69) is 19.2 Å². The summed E-state index contributed by atoms with van der Waals surface area (Å²) in [7, 11) is 3.99. The maximum absolute atomic E-state index is 12.4. The molecule has 1 N–H and O–H groups in total. The summed E-state index contributed by atoms with van der Waals surface area (Å²) in [6.45, 7) is 6.33. The van der Waals surface area contributed by atoms with E-state index in [4.69, 9.17) is 0 Å². The van der Waals surface area contributed by atoms with Crippen molar-refractivity contribution in [3.8, 4) is 0 Å². The monoisotopic (exact) mass is 359 g/mol. The summed E-state index contributed by atoms with van der Waals surface area (Å²) in [4.78, 5) is 28.5. The number of amides is 2. The molecule has 0 spiro atoms. The van der Waals surface area contributed by atoms with E-state index in [1.54, 1.807) is 6.92 Å². The van der Waals surface area contributed by atoms with Gasteiger partial charge in [0.2, 0.25) is 11.8 Å². The predicted octanol–water partition coefficient (Wildman–Crippen LogP) is 4.03. The van der Waals surface area contributed by atoms with E-state index in [1.165, 1.54) is 0 Å². The van der Waals surface area contributed by atoms with Crippen LogP contribution in [0.2, 0.25) is 0 Å². The maximum Gasteiger partial charge on any atom is 0.227 e. The zero-order chi connectivity index (χ0) is 19.3. The first-order valence-electron chi connectivity index (χ1n) is 9.71. The Hall–Kier alpha value is -2.04. The summed E-state index contributed by atoms with van der Waals surface area (Å²) in [5.74, 6) is 0.335. The summed E-state index contributed by atoms with van der Waals surface area (Å²) >= 11 is 0. The summed E-state index contributed by atoms with van der Waals surface area (Å²) in [5.41, 5.74) is 2.93. The second-order valence-corrected chi connectivity index (χ2v) is 7.61. The molecule has 1 aliphatic rings. The summed E-state index contributed by atoms with van der Waals surface area (Å²) in [6, 6.07) is 6.17. The topological polar surface area (TPSA) is 52.7 Å². The van der Waals surface area contributed by atoms with Gasteiger partial charge in [-0.3, -0.25) is 9.59 Å². The van der Waals surface area contributed by atoms with Crippen LogP contribution in [0, 0.1) is 5.92 Å². The van der Waals surface area contributed by atoms with Crippen LogP contribution in [0.1, 0.15) is 58.4 Å². The molecule has 1 fully saturated rings. The van der Waals surface area contributed by atoms with Gasteiger partial charge in [-0.05, 0) is 49.9 Å². The van der Waals surface area contributed by atoms with Gasteiger partial charge in [-0.2, -0.15) is 0 Å². The van der Waals surface area contributed by atoms with Crippen LogP contribution in [0.4, 0.5) is 11.4 Å². The van der Waals surface area contributed by atoms with Crippen molar-refractivity contribution in [2.24, 2.45) is 5.92 Å². The minimum Gasteiger partial charge on any atom is -0.377 e. The van der Waals surface area contributed by atoms with Crippen molar-refractivity contribution in [1.82, 2.24) is 4.90 Å². The van der Waals surface area contributed by atoms with Crippen molar-refractivity contribution < 1.29 is 9.59 Å². The quantitative estimate of drug-likeness (QED) is 0.800. The fourth-order valence-electron chi connectivity index (χ4n) is 3.64. The average molecular weight is 360 g/mol. The molecule has 1 aromatic carbocycles. The molecule has 0 aliphatic heterocycles. The Labute approximate surface area is 157 Å². The van der Waals surface area contributed by atoms with Crippen LogP contribution >= 0.6 is 0 Å². The van der Waals surface area contributed by atoms with Crippen LogP contribution in [0.25, 0.3) is 0 Å². The van der Waals surface area contributed by atoms with Gasteiger partial charge in [-0.25, -0.2) is 0 Å². The van der Waals surface area contributed by atoms with E-state index in [9.17, 15) is 9.59 Å². The van der Waals surface area contributed by atoms with Crippen LogP contribution in [-0.2, 0) is 16.1 Å². The Morgan fingerprint density at radius 3 is 2.42 bits per heavy atom. The molecule has 0 radical (unpaired) electrons. The average Bonchev–Trinajstić information content (AvgIpc) is 3.13. The first-order valence-corrected chi connectivity index (χ1v) is 9.71. The van der Waals surface area contributed by atoms with E-state index in [0.29, 0.717) is 6.54 Å². The number of nitrogens with zero attached hydrogens (tertiary/aromatic N) is 2. The second kappa shape index (κ2) is 9.06. The molecular weight excluding hydrogens is 326 g/mol. The van der Waals surface area contributed by atoms with Gasteiger partial charge >= 0.3 is 0 Å². The molecular formula is C21H33N3O2. The molecule has 0 aromatic heterocycles. The third-order valence-corrected chi connectivity index (χ3v) is 5.42. The lowest BCUT2D eigenvalue weighted by Crippen LogP contribution is -2.36. The normalized spacial score (nSPS) is 15.6. The standard InChI is InChI=1S/C21H33N3O2/c1-6-15(2)24(16(3)25)14-18-13-19(11-12-20(18)23(4)5)22-21(26)17-9-7-8-10-17/h11-13,15,17H,6-10,14H2,1-5H3,(H,22,26)/t15-/m1/s1. The highest BCUT2D eigenvalue weighted by Crippen LogP contribution is 2.28. The molecule has 26 heavy (non-hydrogen) atoms. The Bertz CT molecular complexity index is 636. The van der Waals surface area contributed by atoms with Crippen molar-refractivity contribution in [2.45, 2.75) is 65.5 Å². The fraction of sp³-hybridized carbons (Fsp3) is 0.619. The maximum atomic E-state index is 12.4. The minimum absolute atomic E-state index is 0.0736. The molecule has 5 nitrogen and oxygen atoms in total. The van der Waals surface area contributed by atoms with Crippen LogP contribution in [-0.4, -0.2) is 36.9 Å². The number of carbonyl (C=O) groups is 2. The molecule has 1 saturated carbocycles. The van der Waals surface area contributed by atoms with E-state index in [-0.39, 0.29) is 23.8 Å². The molecule has 1 aliphatic carbocycles. The first kappa shape index (κ1) is 20.3.